The Morgan fingerprint density at radius 2 is 1.88 bits per heavy atom. The molecule has 1 fully saturated rings. The first kappa shape index (κ1) is 12.8. The van der Waals surface area contributed by atoms with Crippen LogP contribution in [0.2, 0.25) is 5.02 Å². The van der Waals surface area contributed by atoms with Crippen LogP contribution in [-0.2, 0) is 6.54 Å². The molecular formula is C13H20ClN3. The van der Waals surface area contributed by atoms with Crippen LogP contribution in [0, 0.1) is 0 Å². The predicted octanol–water partition coefficient (Wildman–Crippen LogP) is 1.33. The zero-order chi connectivity index (χ0) is 11.9. The van der Waals surface area contributed by atoms with E-state index in [0.717, 1.165) is 37.7 Å². The molecule has 0 aliphatic carbocycles. The van der Waals surface area contributed by atoms with Crippen LogP contribution in [-0.4, -0.2) is 44.2 Å². The summed E-state index contributed by atoms with van der Waals surface area (Å²) in [6.45, 7) is 7.68. The van der Waals surface area contributed by atoms with Gasteiger partial charge in [0.25, 0.3) is 0 Å². The highest BCUT2D eigenvalue weighted by Crippen LogP contribution is 2.08. The van der Waals surface area contributed by atoms with E-state index >= 15 is 0 Å². The Morgan fingerprint density at radius 3 is 2.59 bits per heavy atom. The average Bonchev–Trinajstić information content (AvgIpc) is 2.38. The number of nitrogens with zero attached hydrogens (tertiary/aromatic N) is 1. The predicted molar refractivity (Wildman–Crippen MR) is 72.5 cm³/mol. The smallest absolute Gasteiger partial charge is 0.0406 e. The van der Waals surface area contributed by atoms with Crippen molar-refractivity contribution in [3.8, 4) is 0 Å². The number of hydrogen-bond acceptors (Lipinski definition) is 3. The summed E-state index contributed by atoms with van der Waals surface area (Å²) < 4.78 is 0. The quantitative estimate of drug-likeness (QED) is 0.776. The van der Waals surface area contributed by atoms with Crippen molar-refractivity contribution >= 4 is 11.6 Å². The molecule has 0 bridgehead atoms. The molecule has 1 aromatic rings. The van der Waals surface area contributed by atoms with Gasteiger partial charge in [0, 0.05) is 50.8 Å². The van der Waals surface area contributed by atoms with Crippen molar-refractivity contribution in [2.75, 3.05) is 39.3 Å². The number of piperazine rings is 1. The Hall–Kier alpha value is -0.610. The Kier molecular flexibility index (Phi) is 5.26. The minimum absolute atomic E-state index is 0.801. The standard InChI is InChI=1S/C13H20ClN3/c14-13-3-1-12(2-4-13)11-16-7-10-17-8-5-15-6-9-17/h1-4,15-16H,5-11H2. The Bertz CT molecular complexity index is 320. The van der Waals surface area contributed by atoms with Crippen LogP contribution in [0.25, 0.3) is 0 Å². The summed E-state index contributed by atoms with van der Waals surface area (Å²) >= 11 is 5.84. The van der Waals surface area contributed by atoms with Crippen molar-refractivity contribution in [2.45, 2.75) is 6.54 Å². The average molecular weight is 254 g/mol. The number of benzene rings is 1. The van der Waals surface area contributed by atoms with Crippen LogP contribution >= 0.6 is 11.6 Å². The van der Waals surface area contributed by atoms with E-state index in [0.29, 0.717) is 0 Å². The summed E-state index contributed by atoms with van der Waals surface area (Å²) in [5, 5.41) is 7.63. The molecule has 1 aliphatic heterocycles. The SMILES string of the molecule is Clc1ccc(CNCCN2CCNCC2)cc1. The summed E-state index contributed by atoms with van der Waals surface area (Å²) in [7, 11) is 0. The fourth-order valence-corrected chi connectivity index (χ4v) is 2.13. The maximum Gasteiger partial charge on any atom is 0.0406 e. The van der Waals surface area contributed by atoms with Gasteiger partial charge in [0.15, 0.2) is 0 Å². The van der Waals surface area contributed by atoms with E-state index in [1.807, 2.05) is 12.1 Å². The lowest BCUT2D eigenvalue weighted by Gasteiger charge is -2.27. The zero-order valence-corrected chi connectivity index (χ0v) is 10.8. The molecule has 0 unspecified atom stereocenters. The molecule has 4 heteroatoms. The Morgan fingerprint density at radius 1 is 1.18 bits per heavy atom. The summed E-state index contributed by atoms with van der Waals surface area (Å²) in [5.74, 6) is 0. The summed E-state index contributed by atoms with van der Waals surface area (Å²) in [5.41, 5.74) is 1.29. The van der Waals surface area contributed by atoms with E-state index in [2.05, 4.69) is 27.7 Å². The third kappa shape index (κ3) is 4.64. The highest BCUT2D eigenvalue weighted by Gasteiger charge is 2.07. The van der Waals surface area contributed by atoms with Gasteiger partial charge in [0.05, 0.1) is 0 Å². The van der Waals surface area contributed by atoms with Crippen molar-refractivity contribution in [3.05, 3.63) is 34.9 Å². The van der Waals surface area contributed by atoms with E-state index in [1.54, 1.807) is 0 Å². The van der Waals surface area contributed by atoms with Gasteiger partial charge < -0.3 is 10.6 Å². The fraction of sp³-hybridized carbons (Fsp3) is 0.538. The maximum atomic E-state index is 5.84. The number of hydrogen-bond donors (Lipinski definition) is 2. The van der Waals surface area contributed by atoms with Crippen LogP contribution < -0.4 is 10.6 Å². The van der Waals surface area contributed by atoms with E-state index < -0.39 is 0 Å². The highest BCUT2D eigenvalue weighted by atomic mass is 35.5. The second-order valence-electron chi connectivity index (χ2n) is 4.39. The molecule has 2 rings (SSSR count). The van der Waals surface area contributed by atoms with Crippen LogP contribution in [0.5, 0.6) is 0 Å². The molecule has 0 spiro atoms. The van der Waals surface area contributed by atoms with Gasteiger partial charge >= 0.3 is 0 Å². The van der Waals surface area contributed by atoms with Crippen LogP contribution in [0.4, 0.5) is 0 Å². The fourth-order valence-electron chi connectivity index (χ4n) is 2.01. The third-order valence-electron chi connectivity index (χ3n) is 3.06. The molecule has 2 N–H and O–H groups in total. The summed E-state index contributed by atoms with van der Waals surface area (Å²) in [4.78, 5) is 2.49. The van der Waals surface area contributed by atoms with E-state index in [-0.39, 0.29) is 0 Å². The first-order valence-corrected chi connectivity index (χ1v) is 6.60. The van der Waals surface area contributed by atoms with Gasteiger partial charge in [0.2, 0.25) is 0 Å². The van der Waals surface area contributed by atoms with Crippen molar-refractivity contribution in [2.24, 2.45) is 0 Å². The molecule has 0 atom stereocenters. The lowest BCUT2D eigenvalue weighted by molar-refractivity contribution is 0.241. The largest absolute Gasteiger partial charge is 0.314 e. The van der Waals surface area contributed by atoms with Gasteiger partial charge in [-0.1, -0.05) is 23.7 Å². The van der Waals surface area contributed by atoms with Gasteiger partial charge in [-0.15, -0.1) is 0 Å². The van der Waals surface area contributed by atoms with Gasteiger partial charge in [-0.3, -0.25) is 4.90 Å². The second-order valence-corrected chi connectivity index (χ2v) is 4.83. The lowest BCUT2D eigenvalue weighted by Crippen LogP contribution is -2.45. The Balaban J connectivity index is 1.60. The molecule has 1 heterocycles. The molecule has 3 nitrogen and oxygen atoms in total. The molecule has 0 saturated carbocycles. The summed E-state index contributed by atoms with van der Waals surface area (Å²) in [6.07, 6.45) is 0. The topological polar surface area (TPSA) is 27.3 Å². The molecule has 94 valence electrons. The van der Waals surface area contributed by atoms with Crippen LogP contribution in [0.1, 0.15) is 5.56 Å². The van der Waals surface area contributed by atoms with Gasteiger partial charge in [-0.05, 0) is 17.7 Å². The van der Waals surface area contributed by atoms with E-state index in [1.165, 1.54) is 18.7 Å². The van der Waals surface area contributed by atoms with E-state index in [4.69, 9.17) is 11.6 Å². The molecule has 1 aliphatic rings. The number of nitrogens with one attached hydrogen (secondary N) is 2. The zero-order valence-electron chi connectivity index (χ0n) is 10.1. The molecule has 0 radical (unpaired) electrons. The van der Waals surface area contributed by atoms with Crippen molar-refractivity contribution < 1.29 is 0 Å². The highest BCUT2D eigenvalue weighted by molar-refractivity contribution is 6.30. The number of rotatable bonds is 5. The van der Waals surface area contributed by atoms with Crippen LogP contribution in [0.15, 0.2) is 24.3 Å². The minimum atomic E-state index is 0.801. The molecule has 0 amide bonds. The normalized spacial score (nSPS) is 17.2. The van der Waals surface area contributed by atoms with Crippen LogP contribution in [0.3, 0.4) is 0 Å². The molecule has 1 saturated heterocycles. The lowest BCUT2D eigenvalue weighted by atomic mass is 10.2. The molecular weight excluding hydrogens is 234 g/mol. The van der Waals surface area contributed by atoms with Crippen molar-refractivity contribution in [1.29, 1.82) is 0 Å². The van der Waals surface area contributed by atoms with Gasteiger partial charge in [-0.2, -0.15) is 0 Å². The molecule has 17 heavy (non-hydrogen) atoms. The first-order chi connectivity index (χ1) is 8.34. The number of halogens is 1. The third-order valence-corrected chi connectivity index (χ3v) is 3.31. The second kappa shape index (κ2) is 6.97. The Labute approximate surface area is 108 Å². The monoisotopic (exact) mass is 253 g/mol. The van der Waals surface area contributed by atoms with Gasteiger partial charge in [-0.25, -0.2) is 0 Å². The van der Waals surface area contributed by atoms with Gasteiger partial charge in [0.1, 0.15) is 0 Å². The van der Waals surface area contributed by atoms with Crippen molar-refractivity contribution in [3.63, 3.8) is 0 Å². The minimum Gasteiger partial charge on any atom is -0.314 e. The molecule has 0 aromatic heterocycles. The summed E-state index contributed by atoms with van der Waals surface area (Å²) in [6, 6.07) is 8.02. The molecule has 1 aromatic carbocycles. The van der Waals surface area contributed by atoms with E-state index in [9.17, 15) is 0 Å². The maximum absolute atomic E-state index is 5.84. The first-order valence-electron chi connectivity index (χ1n) is 6.23. The van der Waals surface area contributed by atoms with Crippen molar-refractivity contribution in [1.82, 2.24) is 15.5 Å².